The highest BCUT2D eigenvalue weighted by molar-refractivity contribution is 5.90. The summed E-state index contributed by atoms with van der Waals surface area (Å²) in [6, 6.07) is 10.9. The summed E-state index contributed by atoms with van der Waals surface area (Å²) in [7, 11) is 0. The first-order valence-corrected chi connectivity index (χ1v) is 8.09. The lowest BCUT2D eigenvalue weighted by molar-refractivity contribution is -0.136. The first-order chi connectivity index (χ1) is 12.8. The number of cyclic esters (lactones) is 1. The summed E-state index contributed by atoms with van der Waals surface area (Å²) < 4.78 is 43.8. The third kappa shape index (κ3) is 4.49. The number of rotatable bonds is 4. The molecule has 142 valence electrons. The standard InChI is InChI=1S/C18H16F3N3O3/c19-18(20,21)14-6-1-2-7-15(14)23-16(25)22-11-12-4-3-5-13(10-12)24-8-9-27-17(24)26/h1-7,10H,8-9,11H2,(H2,22,23,25). The number of para-hydroxylation sites is 1. The van der Waals surface area contributed by atoms with Crippen molar-refractivity contribution in [3.63, 3.8) is 0 Å². The number of ether oxygens (including phenoxy) is 1. The van der Waals surface area contributed by atoms with E-state index in [9.17, 15) is 22.8 Å². The van der Waals surface area contributed by atoms with Crippen molar-refractivity contribution in [1.82, 2.24) is 5.32 Å². The molecule has 0 atom stereocenters. The van der Waals surface area contributed by atoms with Crippen LogP contribution in [-0.2, 0) is 17.5 Å². The van der Waals surface area contributed by atoms with Gasteiger partial charge in [-0.2, -0.15) is 13.2 Å². The van der Waals surface area contributed by atoms with Gasteiger partial charge < -0.3 is 15.4 Å². The highest BCUT2D eigenvalue weighted by Crippen LogP contribution is 2.34. The van der Waals surface area contributed by atoms with Gasteiger partial charge in [-0.1, -0.05) is 24.3 Å². The maximum atomic E-state index is 13.0. The van der Waals surface area contributed by atoms with E-state index in [1.807, 2.05) is 0 Å². The van der Waals surface area contributed by atoms with E-state index in [1.54, 1.807) is 24.3 Å². The number of urea groups is 1. The first-order valence-electron chi connectivity index (χ1n) is 8.09. The Balaban J connectivity index is 1.63. The van der Waals surface area contributed by atoms with Gasteiger partial charge in [0.15, 0.2) is 0 Å². The van der Waals surface area contributed by atoms with Crippen LogP contribution in [0, 0.1) is 0 Å². The van der Waals surface area contributed by atoms with Crippen molar-refractivity contribution < 1.29 is 27.5 Å². The topological polar surface area (TPSA) is 70.7 Å². The zero-order chi connectivity index (χ0) is 19.4. The molecule has 27 heavy (non-hydrogen) atoms. The summed E-state index contributed by atoms with van der Waals surface area (Å²) in [6.45, 7) is 0.823. The fourth-order valence-corrected chi connectivity index (χ4v) is 2.65. The van der Waals surface area contributed by atoms with E-state index in [1.165, 1.54) is 23.1 Å². The van der Waals surface area contributed by atoms with Crippen LogP contribution < -0.4 is 15.5 Å². The fraction of sp³-hybridized carbons (Fsp3) is 0.222. The van der Waals surface area contributed by atoms with E-state index in [4.69, 9.17) is 4.74 Å². The van der Waals surface area contributed by atoms with Gasteiger partial charge >= 0.3 is 18.3 Å². The van der Waals surface area contributed by atoms with Gasteiger partial charge in [0.1, 0.15) is 6.61 Å². The number of anilines is 2. The summed E-state index contributed by atoms with van der Waals surface area (Å²) in [5, 5.41) is 4.71. The minimum absolute atomic E-state index is 0.0801. The molecule has 1 aliphatic heterocycles. The van der Waals surface area contributed by atoms with Crippen LogP contribution in [0.1, 0.15) is 11.1 Å². The zero-order valence-corrected chi connectivity index (χ0v) is 14.0. The number of halogens is 3. The van der Waals surface area contributed by atoms with E-state index >= 15 is 0 Å². The molecule has 3 rings (SSSR count). The SMILES string of the molecule is O=C(NCc1cccc(N2CCOC2=O)c1)Nc1ccccc1C(F)(F)F. The first kappa shape index (κ1) is 18.6. The van der Waals surface area contributed by atoms with Crippen molar-refractivity contribution >= 4 is 23.5 Å². The number of carbonyl (C=O) groups excluding carboxylic acids is 2. The van der Waals surface area contributed by atoms with Crippen molar-refractivity contribution in [2.75, 3.05) is 23.4 Å². The maximum Gasteiger partial charge on any atom is 0.418 e. The number of carbonyl (C=O) groups is 2. The summed E-state index contributed by atoms with van der Waals surface area (Å²) >= 11 is 0. The van der Waals surface area contributed by atoms with E-state index in [-0.39, 0.29) is 12.2 Å². The van der Waals surface area contributed by atoms with Crippen LogP contribution >= 0.6 is 0 Å². The largest absolute Gasteiger partial charge is 0.447 e. The molecule has 0 radical (unpaired) electrons. The van der Waals surface area contributed by atoms with E-state index in [0.29, 0.717) is 24.4 Å². The van der Waals surface area contributed by atoms with Crippen LogP contribution in [0.25, 0.3) is 0 Å². The van der Waals surface area contributed by atoms with E-state index in [0.717, 1.165) is 6.07 Å². The van der Waals surface area contributed by atoms with Crippen LogP contribution in [0.3, 0.4) is 0 Å². The summed E-state index contributed by atoms with van der Waals surface area (Å²) in [5.41, 5.74) is 0.0665. The summed E-state index contributed by atoms with van der Waals surface area (Å²) in [5.74, 6) is 0. The minimum Gasteiger partial charge on any atom is -0.447 e. The van der Waals surface area contributed by atoms with Crippen LogP contribution in [0.5, 0.6) is 0 Å². The quantitative estimate of drug-likeness (QED) is 0.844. The van der Waals surface area contributed by atoms with Crippen LogP contribution in [0.4, 0.5) is 34.1 Å². The second-order valence-electron chi connectivity index (χ2n) is 5.79. The molecule has 6 nitrogen and oxygen atoms in total. The van der Waals surface area contributed by atoms with Gasteiger partial charge in [0.05, 0.1) is 17.8 Å². The van der Waals surface area contributed by atoms with Gasteiger partial charge in [0.2, 0.25) is 0 Å². The Hall–Kier alpha value is -3.23. The summed E-state index contributed by atoms with van der Waals surface area (Å²) in [4.78, 5) is 25.0. The molecule has 1 aliphatic rings. The number of nitrogens with zero attached hydrogens (tertiary/aromatic N) is 1. The monoisotopic (exact) mass is 379 g/mol. The Labute approximate surface area is 152 Å². The second kappa shape index (κ2) is 7.56. The fourth-order valence-electron chi connectivity index (χ4n) is 2.65. The molecule has 3 amide bonds. The van der Waals surface area contributed by atoms with Gasteiger partial charge in [-0.05, 0) is 29.8 Å². The molecule has 0 bridgehead atoms. The average molecular weight is 379 g/mol. The molecule has 1 saturated heterocycles. The molecule has 1 fully saturated rings. The Morgan fingerprint density at radius 2 is 1.93 bits per heavy atom. The van der Waals surface area contributed by atoms with Crippen molar-refractivity contribution in [3.8, 4) is 0 Å². The highest BCUT2D eigenvalue weighted by Gasteiger charge is 2.33. The lowest BCUT2D eigenvalue weighted by Gasteiger charge is -2.15. The number of amides is 3. The van der Waals surface area contributed by atoms with Gasteiger partial charge in [0, 0.05) is 12.2 Å². The molecule has 2 N–H and O–H groups in total. The molecule has 0 spiro atoms. The lowest BCUT2D eigenvalue weighted by Crippen LogP contribution is -2.29. The lowest BCUT2D eigenvalue weighted by atomic mass is 10.1. The average Bonchev–Trinajstić information content (AvgIpc) is 3.06. The smallest absolute Gasteiger partial charge is 0.418 e. The van der Waals surface area contributed by atoms with E-state index < -0.39 is 23.9 Å². The number of nitrogens with one attached hydrogen (secondary N) is 2. The number of hydrogen-bond donors (Lipinski definition) is 2. The molecular formula is C18H16F3N3O3. The molecule has 0 unspecified atom stereocenters. The number of hydrogen-bond acceptors (Lipinski definition) is 3. The van der Waals surface area contributed by atoms with Gasteiger partial charge in [-0.15, -0.1) is 0 Å². The number of benzene rings is 2. The molecule has 0 aromatic heterocycles. The molecule has 9 heteroatoms. The zero-order valence-electron chi connectivity index (χ0n) is 14.0. The normalized spacial score (nSPS) is 14.0. The van der Waals surface area contributed by atoms with Crippen LogP contribution in [-0.4, -0.2) is 25.3 Å². The molecule has 2 aromatic carbocycles. The molecule has 0 saturated carbocycles. The predicted molar refractivity (Wildman–Crippen MR) is 92.4 cm³/mol. The summed E-state index contributed by atoms with van der Waals surface area (Å²) in [6.07, 6.45) is -5.01. The Bertz CT molecular complexity index is 855. The van der Waals surface area contributed by atoms with Crippen LogP contribution in [0.15, 0.2) is 48.5 Å². The van der Waals surface area contributed by atoms with Crippen molar-refractivity contribution in [3.05, 3.63) is 59.7 Å². The van der Waals surface area contributed by atoms with Gasteiger partial charge in [0.25, 0.3) is 0 Å². The van der Waals surface area contributed by atoms with Gasteiger partial charge in [-0.25, -0.2) is 9.59 Å². The van der Waals surface area contributed by atoms with Gasteiger partial charge in [-0.3, -0.25) is 4.90 Å². The Morgan fingerprint density at radius 1 is 1.15 bits per heavy atom. The molecule has 0 aliphatic carbocycles. The third-order valence-electron chi connectivity index (χ3n) is 3.92. The predicted octanol–water partition coefficient (Wildman–Crippen LogP) is 3.98. The third-order valence-corrected chi connectivity index (χ3v) is 3.92. The van der Waals surface area contributed by atoms with Crippen LogP contribution in [0.2, 0.25) is 0 Å². The maximum absolute atomic E-state index is 13.0. The minimum atomic E-state index is -4.57. The Kier molecular flexibility index (Phi) is 5.20. The number of alkyl halides is 3. The highest BCUT2D eigenvalue weighted by atomic mass is 19.4. The second-order valence-corrected chi connectivity index (χ2v) is 5.79. The Morgan fingerprint density at radius 3 is 2.63 bits per heavy atom. The van der Waals surface area contributed by atoms with Crippen molar-refractivity contribution in [1.29, 1.82) is 0 Å². The molecule has 2 aromatic rings. The molecule has 1 heterocycles. The van der Waals surface area contributed by atoms with Crippen molar-refractivity contribution in [2.45, 2.75) is 12.7 Å². The van der Waals surface area contributed by atoms with Crippen molar-refractivity contribution in [2.24, 2.45) is 0 Å². The van der Waals surface area contributed by atoms with E-state index in [2.05, 4.69) is 10.6 Å². The molecular weight excluding hydrogens is 363 g/mol.